The highest BCUT2D eigenvalue weighted by Crippen LogP contribution is 2.35. The summed E-state index contributed by atoms with van der Waals surface area (Å²) in [5.74, 6) is 0.962. The lowest BCUT2D eigenvalue weighted by molar-refractivity contribution is 0.318. The minimum Gasteiger partial charge on any atom is -0.396 e. The molecular weight excluding hydrogens is 430 g/mol. The summed E-state index contributed by atoms with van der Waals surface area (Å²) in [6.07, 6.45) is 0.837. The maximum Gasteiger partial charge on any atom is 0.268 e. The second kappa shape index (κ2) is 7.41. The van der Waals surface area contributed by atoms with E-state index in [0.717, 1.165) is 35.3 Å². The van der Waals surface area contributed by atoms with Crippen molar-refractivity contribution in [2.45, 2.75) is 18.1 Å². The first-order chi connectivity index (χ1) is 14.1. The van der Waals surface area contributed by atoms with Gasteiger partial charge in [0.05, 0.1) is 17.7 Å². The van der Waals surface area contributed by atoms with Gasteiger partial charge in [-0.1, -0.05) is 29.4 Å². The number of aliphatic hydroxyl groups is 1. The van der Waals surface area contributed by atoms with Crippen LogP contribution in [0.25, 0.3) is 21.7 Å². The predicted molar refractivity (Wildman–Crippen MR) is 117 cm³/mol. The smallest absolute Gasteiger partial charge is 0.268 e. The van der Waals surface area contributed by atoms with E-state index in [0.29, 0.717) is 27.4 Å². The summed E-state index contributed by atoms with van der Waals surface area (Å²) >= 11 is 9.26. The second-order valence-corrected chi connectivity index (χ2v) is 9.56. The first kappa shape index (κ1) is 19.1. The van der Waals surface area contributed by atoms with Crippen molar-refractivity contribution in [2.24, 2.45) is 0 Å². The van der Waals surface area contributed by atoms with Gasteiger partial charge < -0.3 is 10.0 Å². The Morgan fingerprint density at radius 2 is 2.21 bits per heavy atom. The van der Waals surface area contributed by atoms with E-state index in [1.807, 2.05) is 16.5 Å². The van der Waals surface area contributed by atoms with E-state index in [9.17, 15) is 9.90 Å². The molecule has 0 unspecified atom stereocenters. The quantitative estimate of drug-likeness (QED) is 0.485. The van der Waals surface area contributed by atoms with Crippen molar-refractivity contribution in [3.8, 4) is 5.69 Å². The summed E-state index contributed by atoms with van der Waals surface area (Å²) in [7, 11) is 2.09. The number of nitrogens with zero attached hydrogens (tertiary/aromatic N) is 5. The molecule has 3 aromatic heterocycles. The fraction of sp³-hybridized carbons (Fsp3) is 0.316. The van der Waals surface area contributed by atoms with Gasteiger partial charge >= 0.3 is 0 Å². The fourth-order valence-corrected chi connectivity index (χ4v) is 6.10. The van der Waals surface area contributed by atoms with E-state index in [-0.39, 0.29) is 12.2 Å². The molecule has 0 atom stereocenters. The molecule has 10 heteroatoms. The molecule has 0 aliphatic carbocycles. The van der Waals surface area contributed by atoms with Crippen LogP contribution in [-0.2, 0) is 13.0 Å². The van der Waals surface area contributed by atoms with Crippen LogP contribution >= 0.6 is 34.7 Å². The lowest BCUT2D eigenvalue weighted by atomic mass is 10.1. The number of rotatable bonds is 4. The molecule has 0 spiro atoms. The minimum atomic E-state index is -0.0945. The Kier molecular flexibility index (Phi) is 4.87. The van der Waals surface area contributed by atoms with Gasteiger partial charge in [0.15, 0.2) is 5.16 Å². The molecule has 1 aromatic carbocycles. The standard InChI is InChI=1S/C19H18ClN5O2S2/c1-23-6-5-13-14(10-23)29-17-15(13)16(27)24(12-4-2-3-11(20)9-12)18-21-22-19(25(17)18)28-8-7-26/h2-4,9,26H,5-8,10H2,1H3. The maximum atomic E-state index is 13.7. The van der Waals surface area contributed by atoms with Gasteiger partial charge in [0, 0.05) is 28.7 Å². The largest absolute Gasteiger partial charge is 0.396 e. The van der Waals surface area contributed by atoms with Crippen LogP contribution in [-0.4, -0.2) is 55.1 Å². The predicted octanol–water partition coefficient (Wildman–Crippen LogP) is 2.82. The van der Waals surface area contributed by atoms with Crippen LogP contribution in [0.5, 0.6) is 0 Å². The third-order valence-corrected chi connectivity index (χ3v) is 7.40. The second-order valence-electron chi connectivity index (χ2n) is 6.98. The lowest BCUT2D eigenvalue weighted by Crippen LogP contribution is -2.27. The Labute approximate surface area is 179 Å². The third kappa shape index (κ3) is 3.08. The first-order valence-electron chi connectivity index (χ1n) is 9.21. The summed E-state index contributed by atoms with van der Waals surface area (Å²) in [5.41, 5.74) is 1.69. The molecule has 1 aliphatic heterocycles. The number of likely N-dealkylation sites (N-methyl/N-ethyl adjacent to an activating group) is 1. The molecule has 0 saturated heterocycles. The van der Waals surface area contributed by atoms with E-state index in [4.69, 9.17) is 11.6 Å². The van der Waals surface area contributed by atoms with E-state index in [2.05, 4.69) is 22.1 Å². The summed E-state index contributed by atoms with van der Waals surface area (Å²) in [6.45, 7) is 1.79. The summed E-state index contributed by atoms with van der Waals surface area (Å²) in [5, 5.41) is 19.9. The van der Waals surface area contributed by atoms with Gasteiger partial charge in [0.25, 0.3) is 5.56 Å². The monoisotopic (exact) mass is 447 g/mol. The summed E-state index contributed by atoms with van der Waals surface area (Å²) in [6, 6.07) is 7.21. The van der Waals surface area contributed by atoms with Gasteiger partial charge in [-0.05, 0) is 37.2 Å². The van der Waals surface area contributed by atoms with Crippen LogP contribution in [0, 0.1) is 0 Å². The average molecular weight is 448 g/mol. The van der Waals surface area contributed by atoms with Crippen LogP contribution in [0.1, 0.15) is 10.4 Å². The maximum absolute atomic E-state index is 13.7. The van der Waals surface area contributed by atoms with Crippen LogP contribution in [0.2, 0.25) is 5.02 Å². The highest BCUT2D eigenvalue weighted by molar-refractivity contribution is 7.99. The molecule has 29 heavy (non-hydrogen) atoms. The molecule has 0 fully saturated rings. The van der Waals surface area contributed by atoms with Crippen molar-refractivity contribution in [1.29, 1.82) is 0 Å². The van der Waals surface area contributed by atoms with Crippen molar-refractivity contribution in [1.82, 2.24) is 24.1 Å². The van der Waals surface area contributed by atoms with Gasteiger partial charge in [-0.25, -0.2) is 8.97 Å². The fourth-order valence-electron chi connectivity index (χ4n) is 3.76. The van der Waals surface area contributed by atoms with Crippen molar-refractivity contribution >= 4 is 50.7 Å². The van der Waals surface area contributed by atoms with E-state index in [1.165, 1.54) is 16.6 Å². The van der Waals surface area contributed by atoms with Gasteiger partial charge in [-0.15, -0.1) is 21.5 Å². The first-order valence-corrected chi connectivity index (χ1v) is 11.4. The highest BCUT2D eigenvalue weighted by atomic mass is 35.5. The van der Waals surface area contributed by atoms with Gasteiger partial charge in [-0.2, -0.15) is 0 Å². The van der Waals surface area contributed by atoms with E-state index >= 15 is 0 Å². The van der Waals surface area contributed by atoms with Crippen LogP contribution < -0.4 is 5.56 Å². The lowest BCUT2D eigenvalue weighted by Gasteiger charge is -2.21. The zero-order valence-corrected chi connectivity index (χ0v) is 18.0. The van der Waals surface area contributed by atoms with Crippen molar-refractivity contribution in [3.05, 3.63) is 50.1 Å². The van der Waals surface area contributed by atoms with Crippen molar-refractivity contribution in [3.63, 3.8) is 0 Å². The molecule has 1 aliphatic rings. The normalized spacial score (nSPS) is 14.7. The van der Waals surface area contributed by atoms with Crippen molar-refractivity contribution in [2.75, 3.05) is 26.0 Å². The molecule has 0 bridgehead atoms. The highest BCUT2D eigenvalue weighted by Gasteiger charge is 2.26. The van der Waals surface area contributed by atoms with Crippen molar-refractivity contribution < 1.29 is 5.11 Å². The van der Waals surface area contributed by atoms with Crippen LogP contribution in [0.4, 0.5) is 0 Å². The molecule has 0 radical (unpaired) electrons. The number of thioether (sulfide) groups is 1. The van der Waals surface area contributed by atoms with Crippen LogP contribution in [0.3, 0.4) is 0 Å². The van der Waals surface area contributed by atoms with Crippen LogP contribution in [0.15, 0.2) is 34.2 Å². The zero-order valence-electron chi connectivity index (χ0n) is 15.6. The summed E-state index contributed by atoms with van der Waals surface area (Å²) in [4.78, 5) is 18.0. The SMILES string of the molecule is CN1CCc2c(sc3c2c(=O)n(-c2cccc(Cl)c2)c2nnc(SCCO)n32)C1. The van der Waals surface area contributed by atoms with Gasteiger partial charge in [0.2, 0.25) is 5.78 Å². The molecule has 0 amide bonds. The van der Waals surface area contributed by atoms with E-state index in [1.54, 1.807) is 28.0 Å². The van der Waals surface area contributed by atoms with Gasteiger partial charge in [0.1, 0.15) is 4.83 Å². The number of hydrogen-bond acceptors (Lipinski definition) is 7. The molecule has 7 nitrogen and oxygen atoms in total. The Morgan fingerprint density at radius 3 is 3.00 bits per heavy atom. The molecular formula is C19H18ClN5O2S2. The zero-order chi connectivity index (χ0) is 20.1. The molecule has 1 N–H and O–H groups in total. The number of fused-ring (bicyclic) bond motifs is 5. The topological polar surface area (TPSA) is 75.7 Å². The number of halogens is 1. The molecule has 5 rings (SSSR count). The average Bonchev–Trinajstić information content (AvgIpc) is 3.27. The number of hydrogen-bond donors (Lipinski definition) is 1. The Morgan fingerprint density at radius 1 is 1.34 bits per heavy atom. The molecule has 0 saturated carbocycles. The molecule has 4 heterocycles. The van der Waals surface area contributed by atoms with E-state index < -0.39 is 0 Å². The Balaban J connectivity index is 1.90. The number of aliphatic hydroxyl groups excluding tert-OH is 1. The Hall–Kier alpha value is -1.91. The molecule has 150 valence electrons. The number of thiophene rings is 1. The minimum absolute atomic E-state index is 0.0440. The summed E-state index contributed by atoms with van der Waals surface area (Å²) < 4.78 is 3.54. The molecule has 4 aromatic rings. The third-order valence-electron chi connectivity index (χ3n) is 5.05. The Bertz CT molecular complexity index is 1300. The number of benzene rings is 1. The number of aromatic nitrogens is 4. The van der Waals surface area contributed by atoms with Gasteiger partial charge in [-0.3, -0.25) is 4.79 Å².